The Balaban J connectivity index is 1.52. The fourth-order valence-electron chi connectivity index (χ4n) is 6.97. The van der Waals surface area contributed by atoms with Gasteiger partial charge in [0.25, 0.3) is 10.0 Å². The highest BCUT2D eigenvalue weighted by molar-refractivity contribution is 7.89. The van der Waals surface area contributed by atoms with E-state index in [-0.39, 0.29) is 34.2 Å². The summed E-state index contributed by atoms with van der Waals surface area (Å²) in [6.45, 7) is 6.93. The predicted molar refractivity (Wildman–Crippen MR) is 142 cm³/mol. The van der Waals surface area contributed by atoms with Crippen LogP contribution in [-0.2, 0) is 24.3 Å². The van der Waals surface area contributed by atoms with E-state index in [0.717, 1.165) is 42.4 Å². The van der Waals surface area contributed by atoms with Crippen LogP contribution in [0.25, 0.3) is 0 Å². The molecule has 0 unspecified atom stereocenters. The lowest BCUT2D eigenvalue weighted by Crippen LogP contribution is -2.46. The summed E-state index contributed by atoms with van der Waals surface area (Å²) in [6, 6.07) is 12.2. The molecule has 2 fully saturated rings. The average Bonchev–Trinajstić information content (AvgIpc) is 3.18. The number of fused-ring (bicyclic) bond motifs is 5. The molecule has 0 radical (unpaired) electrons. The zero-order valence-corrected chi connectivity index (χ0v) is 23.0. The standard InChI is InChI=1S/C29H34N2O6S/c1-17-5-8-21(9-6-17)38(34,35)31-30-27-16-24-23(22-10-7-20(15-25(22)27)36-18(2)32)13-14-29(4)26(24)11-12-28(29)37-19(3)33/h5-10,15,23-24,26,28,31H,11-14,16H2,1-4H3/b30-27-/t23-,24-,26+,28+,29+/m1/s1. The van der Waals surface area contributed by atoms with Crippen molar-refractivity contribution in [2.45, 2.75) is 76.7 Å². The van der Waals surface area contributed by atoms with Crippen LogP contribution in [0.15, 0.2) is 52.5 Å². The molecule has 0 spiro atoms. The van der Waals surface area contributed by atoms with Crippen molar-refractivity contribution in [3.05, 3.63) is 59.2 Å². The Morgan fingerprint density at radius 3 is 2.45 bits per heavy atom. The summed E-state index contributed by atoms with van der Waals surface area (Å²) >= 11 is 0. The number of carbonyl (C=O) groups is 2. The molecule has 2 saturated carbocycles. The number of nitrogens with one attached hydrogen (secondary N) is 1. The number of aryl methyl sites for hydroxylation is 1. The van der Waals surface area contributed by atoms with Gasteiger partial charge in [-0.15, -0.1) is 0 Å². The van der Waals surface area contributed by atoms with E-state index in [1.54, 1.807) is 36.4 Å². The van der Waals surface area contributed by atoms with E-state index in [1.165, 1.54) is 13.8 Å². The highest BCUT2D eigenvalue weighted by atomic mass is 32.2. The second kappa shape index (κ2) is 9.84. The Bertz CT molecular complexity index is 1400. The number of rotatable bonds is 5. The molecule has 0 bridgehead atoms. The van der Waals surface area contributed by atoms with Crippen molar-refractivity contribution in [2.24, 2.45) is 22.4 Å². The number of esters is 2. The molecule has 38 heavy (non-hydrogen) atoms. The molecule has 3 aliphatic rings. The van der Waals surface area contributed by atoms with Gasteiger partial charge in [-0.2, -0.15) is 18.4 Å². The van der Waals surface area contributed by atoms with Gasteiger partial charge < -0.3 is 9.47 Å². The van der Waals surface area contributed by atoms with E-state index >= 15 is 0 Å². The molecule has 3 aliphatic carbocycles. The number of hydrogen-bond acceptors (Lipinski definition) is 7. The van der Waals surface area contributed by atoms with E-state index in [0.29, 0.717) is 23.8 Å². The summed E-state index contributed by atoms with van der Waals surface area (Å²) in [4.78, 5) is 26.0. The summed E-state index contributed by atoms with van der Waals surface area (Å²) in [5.74, 6) is 0.528. The number of hydrazone groups is 1. The SMILES string of the molecule is CC(=O)Oc1ccc2c(c1)/C(=N\NS(=O)(=O)c1ccc(C)cc1)C[C@@H]1[C@@H]2CC[C@]2(C)[C@@H](OC(C)=O)CC[C@@H]12. The van der Waals surface area contributed by atoms with Crippen molar-refractivity contribution in [3.8, 4) is 5.75 Å². The van der Waals surface area contributed by atoms with Gasteiger partial charge in [0.15, 0.2) is 0 Å². The molecule has 1 N–H and O–H groups in total. The van der Waals surface area contributed by atoms with Crippen LogP contribution in [-0.4, -0.2) is 32.2 Å². The molecule has 0 aliphatic heterocycles. The molecule has 0 saturated heterocycles. The van der Waals surface area contributed by atoms with Gasteiger partial charge in [-0.3, -0.25) is 9.59 Å². The van der Waals surface area contributed by atoms with Gasteiger partial charge in [-0.1, -0.05) is 30.7 Å². The Morgan fingerprint density at radius 2 is 1.76 bits per heavy atom. The fourth-order valence-corrected chi connectivity index (χ4v) is 7.80. The van der Waals surface area contributed by atoms with Gasteiger partial charge in [0.1, 0.15) is 11.9 Å². The first-order chi connectivity index (χ1) is 18.0. The summed E-state index contributed by atoms with van der Waals surface area (Å²) in [6.07, 6.45) is 4.10. The van der Waals surface area contributed by atoms with Crippen molar-refractivity contribution in [1.29, 1.82) is 0 Å². The molecule has 9 heteroatoms. The second-order valence-corrected chi connectivity index (χ2v) is 12.8. The number of nitrogens with zero attached hydrogens (tertiary/aromatic N) is 1. The number of carbonyl (C=O) groups excluding carboxylic acids is 2. The highest BCUT2D eigenvalue weighted by Gasteiger charge is 2.56. The van der Waals surface area contributed by atoms with E-state index in [1.807, 2.05) is 13.0 Å². The highest BCUT2D eigenvalue weighted by Crippen LogP contribution is 2.61. The summed E-state index contributed by atoms with van der Waals surface area (Å²) in [7, 11) is -3.87. The fraction of sp³-hybridized carbons (Fsp3) is 0.483. The molecule has 5 rings (SSSR count). The third-order valence-corrected chi connectivity index (χ3v) is 9.94. The van der Waals surface area contributed by atoms with E-state index < -0.39 is 16.0 Å². The third kappa shape index (κ3) is 4.84. The lowest BCUT2D eigenvalue weighted by atomic mass is 9.55. The van der Waals surface area contributed by atoms with Crippen LogP contribution in [0.3, 0.4) is 0 Å². The maximum Gasteiger partial charge on any atom is 0.308 e. The van der Waals surface area contributed by atoms with Crippen LogP contribution < -0.4 is 9.57 Å². The van der Waals surface area contributed by atoms with Crippen molar-refractivity contribution >= 4 is 27.7 Å². The van der Waals surface area contributed by atoms with Crippen molar-refractivity contribution in [3.63, 3.8) is 0 Å². The largest absolute Gasteiger partial charge is 0.462 e. The van der Waals surface area contributed by atoms with Crippen molar-refractivity contribution in [1.82, 2.24) is 4.83 Å². The van der Waals surface area contributed by atoms with Crippen LogP contribution in [0.2, 0.25) is 0 Å². The van der Waals surface area contributed by atoms with Crippen LogP contribution in [0.4, 0.5) is 0 Å². The topological polar surface area (TPSA) is 111 Å². The smallest absolute Gasteiger partial charge is 0.308 e. The predicted octanol–water partition coefficient (Wildman–Crippen LogP) is 4.85. The van der Waals surface area contributed by atoms with Crippen molar-refractivity contribution < 1.29 is 27.5 Å². The summed E-state index contributed by atoms with van der Waals surface area (Å²) in [5, 5.41) is 4.46. The quantitative estimate of drug-likeness (QED) is 0.331. The number of benzene rings is 2. The zero-order valence-electron chi connectivity index (χ0n) is 22.2. The normalized spacial score (nSPS) is 29.1. The molecule has 0 heterocycles. The monoisotopic (exact) mass is 538 g/mol. The molecular formula is C29H34N2O6S. The van der Waals surface area contributed by atoms with E-state index in [2.05, 4.69) is 16.9 Å². The van der Waals surface area contributed by atoms with Gasteiger partial charge in [0.2, 0.25) is 0 Å². The van der Waals surface area contributed by atoms with Crippen LogP contribution in [0.5, 0.6) is 5.75 Å². The van der Waals surface area contributed by atoms with E-state index in [4.69, 9.17) is 9.47 Å². The third-order valence-electron chi connectivity index (χ3n) is 8.72. The van der Waals surface area contributed by atoms with Gasteiger partial charge in [0, 0.05) is 24.8 Å². The molecule has 5 atom stereocenters. The summed E-state index contributed by atoms with van der Waals surface area (Å²) in [5.41, 5.74) is 3.34. The molecular weight excluding hydrogens is 504 g/mol. The van der Waals surface area contributed by atoms with Crippen LogP contribution in [0.1, 0.15) is 75.5 Å². The molecule has 8 nitrogen and oxygen atoms in total. The number of hydrogen-bond donors (Lipinski definition) is 1. The minimum absolute atomic E-state index is 0.112. The number of sulfonamides is 1. The second-order valence-electron chi connectivity index (χ2n) is 11.1. The Morgan fingerprint density at radius 1 is 1.03 bits per heavy atom. The minimum atomic E-state index is -3.87. The molecule has 0 amide bonds. The van der Waals surface area contributed by atoms with Crippen LogP contribution in [0, 0.1) is 24.2 Å². The first-order valence-corrected chi connectivity index (χ1v) is 14.6. The summed E-state index contributed by atoms with van der Waals surface area (Å²) < 4.78 is 37.2. The lowest BCUT2D eigenvalue weighted by molar-refractivity contribution is -0.154. The van der Waals surface area contributed by atoms with Crippen LogP contribution >= 0.6 is 0 Å². The molecule has 202 valence electrons. The maximum absolute atomic E-state index is 13.0. The first kappa shape index (κ1) is 26.4. The molecule has 2 aromatic carbocycles. The average molecular weight is 539 g/mol. The minimum Gasteiger partial charge on any atom is -0.462 e. The Labute approximate surface area is 223 Å². The first-order valence-electron chi connectivity index (χ1n) is 13.1. The molecule has 0 aromatic heterocycles. The van der Waals surface area contributed by atoms with Gasteiger partial charge in [0.05, 0.1) is 10.6 Å². The van der Waals surface area contributed by atoms with E-state index in [9.17, 15) is 18.0 Å². The Hall–Kier alpha value is -3.20. The Kier molecular flexibility index (Phi) is 6.84. The van der Waals surface area contributed by atoms with Gasteiger partial charge in [-0.05, 0) is 86.6 Å². The zero-order chi connectivity index (χ0) is 27.2. The maximum atomic E-state index is 13.0. The van der Waals surface area contributed by atoms with Gasteiger partial charge in [-0.25, -0.2) is 0 Å². The lowest BCUT2D eigenvalue weighted by Gasteiger charge is -2.50. The van der Waals surface area contributed by atoms with Gasteiger partial charge >= 0.3 is 11.9 Å². The number of ether oxygens (including phenoxy) is 2. The molecule has 2 aromatic rings. The van der Waals surface area contributed by atoms with Crippen molar-refractivity contribution in [2.75, 3.05) is 0 Å².